The number of anilines is 1. The third-order valence-corrected chi connectivity index (χ3v) is 3.79. The van der Waals surface area contributed by atoms with Crippen LogP contribution in [0.3, 0.4) is 0 Å². The van der Waals surface area contributed by atoms with E-state index in [9.17, 15) is 9.50 Å². The maximum Gasteiger partial charge on any atom is 0.151 e. The predicted molar refractivity (Wildman–Crippen MR) is 81.1 cm³/mol. The van der Waals surface area contributed by atoms with Gasteiger partial charge in [0.2, 0.25) is 0 Å². The first kappa shape index (κ1) is 14.9. The molecular weight excluding hydrogens is 285 g/mol. The Hall–Kier alpha value is -2.05. The monoisotopic (exact) mass is 303 g/mol. The molecule has 0 aliphatic carbocycles. The average molecular weight is 303 g/mol. The second-order valence-corrected chi connectivity index (χ2v) is 5.42. The molecule has 5 nitrogen and oxygen atoms in total. The number of benzene rings is 1. The topological polar surface area (TPSA) is 58.5 Å². The summed E-state index contributed by atoms with van der Waals surface area (Å²) in [6.07, 6.45) is -0.199. The van der Waals surface area contributed by atoms with E-state index in [0.717, 1.165) is 11.4 Å². The first-order valence-electron chi connectivity index (χ1n) is 7.26. The van der Waals surface area contributed by atoms with Gasteiger partial charge in [-0.2, -0.15) is 0 Å². The zero-order valence-electron chi connectivity index (χ0n) is 12.3. The van der Waals surface area contributed by atoms with E-state index >= 15 is 0 Å². The number of ether oxygens (including phenoxy) is 1. The summed E-state index contributed by atoms with van der Waals surface area (Å²) in [7, 11) is 0. The van der Waals surface area contributed by atoms with Gasteiger partial charge in [0.1, 0.15) is 5.82 Å². The summed E-state index contributed by atoms with van der Waals surface area (Å²) in [5.41, 5.74) is 1.52. The summed E-state index contributed by atoms with van der Waals surface area (Å²) in [5, 5.41) is 17.7. The Kier molecular flexibility index (Phi) is 4.31. The van der Waals surface area contributed by atoms with Crippen LogP contribution in [0.25, 0.3) is 11.3 Å². The highest BCUT2D eigenvalue weighted by Crippen LogP contribution is 2.22. The smallest absolute Gasteiger partial charge is 0.151 e. The van der Waals surface area contributed by atoms with Crippen LogP contribution in [-0.2, 0) is 4.74 Å². The van der Waals surface area contributed by atoms with Crippen LogP contribution in [0.15, 0.2) is 36.4 Å². The summed E-state index contributed by atoms with van der Waals surface area (Å²) in [6.45, 7) is 3.17. The van der Waals surface area contributed by atoms with Gasteiger partial charge in [0, 0.05) is 12.1 Å². The summed E-state index contributed by atoms with van der Waals surface area (Å²) < 4.78 is 18.5. The molecule has 0 bridgehead atoms. The van der Waals surface area contributed by atoms with Gasteiger partial charge in [0.25, 0.3) is 0 Å². The standard InChI is InChI=1S/C16H18FN3O2/c1-11-10-22-14(9-21)8-20(11)16-7-6-15(18-19-16)12-2-4-13(17)5-3-12/h2-7,11,14,21H,8-10H2,1H3. The molecule has 0 saturated carbocycles. The Morgan fingerprint density at radius 1 is 1.23 bits per heavy atom. The zero-order chi connectivity index (χ0) is 15.5. The van der Waals surface area contributed by atoms with E-state index < -0.39 is 0 Å². The van der Waals surface area contributed by atoms with E-state index in [0.29, 0.717) is 18.8 Å². The summed E-state index contributed by atoms with van der Waals surface area (Å²) >= 11 is 0. The number of hydrogen-bond donors (Lipinski definition) is 1. The maximum absolute atomic E-state index is 12.9. The Labute approximate surface area is 128 Å². The first-order valence-corrected chi connectivity index (χ1v) is 7.26. The molecule has 1 aliphatic heterocycles. The van der Waals surface area contributed by atoms with Crippen LogP contribution in [0.5, 0.6) is 0 Å². The Morgan fingerprint density at radius 3 is 2.64 bits per heavy atom. The van der Waals surface area contributed by atoms with E-state index in [4.69, 9.17) is 4.74 Å². The van der Waals surface area contributed by atoms with E-state index in [1.807, 2.05) is 19.1 Å². The van der Waals surface area contributed by atoms with Gasteiger partial charge >= 0.3 is 0 Å². The van der Waals surface area contributed by atoms with Crippen molar-refractivity contribution in [2.24, 2.45) is 0 Å². The van der Waals surface area contributed by atoms with Gasteiger partial charge in [-0.05, 0) is 43.3 Å². The molecular formula is C16H18FN3O2. The van der Waals surface area contributed by atoms with Gasteiger partial charge < -0.3 is 14.7 Å². The minimum atomic E-state index is -0.273. The lowest BCUT2D eigenvalue weighted by Crippen LogP contribution is -2.50. The second kappa shape index (κ2) is 6.37. The van der Waals surface area contributed by atoms with E-state index in [1.165, 1.54) is 12.1 Å². The molecule has 2 aromatic rings. The quantitative estimate of drug-likeness (QED) is 0.938. The minimum absolute atomic E-state index is 0.00961. The summed E-state index contributed by atoms with van der Waals surface area (Å²) in [6, 6.07) is 10.1. The minimum Gasteiger partial charge on any atom is -0.394 e. The molecule has 1 fully saturated rings. The van der Waals surface area contributed by atoms with Crippen molar-refractivity contribution in [3.05, 3.63) is 42.2 Å². The Balaban J connectivity index is 1.80. The maximum atomic E-state index is 12.9. The normalized spacial score (nSPS) is 21.9. The van der Waals surface area contributed by atoms with Crippen molar-refractivity contribution in [1.82, 2.24) is 10.2 Å². The lowest BCUT2D eigenvalue weighted by molar-refractivity contribution is -0.0106. The largest absolute Gasteiger partial charge is 0.394 e. The van der Waals surface area contributed by atoms with E-state index in [1.54, 1.807) is 12.1 Å². The molecule has 1 aromatic heterocycles. The van der Waals surface area contributed by atoms with Crippen molar-refractivity contribution in [1.29, 1.82) is 0 Å². The molecule has 0 amide bonds. The van der Waals surface area contributed by atoms with E-state index in [-0.39, 0.29) is 24.6 Å². The number of morpholine rings is 1. The molecule has 2 atom stereocenters. The Bertz CT molecular complexity index is 618. The highest BCUT2D eigenvalue weighted by molar-refractivity contribution is 5.59. The van der Waals surface area contributed by atoms with Gasteiger partial charge in [-0.1, -0.05) is 0 Å². The number of hydrogen-bond acceptors (Lipinski definition) is 5. The average Bonchev–Trinajstić information content (AvgIpc) is 2.56. The molecule has 3 rings (SSSR count). The summed E-state index contributed by atoms with van der Waals surface area (Å²) in [5.74, 6) is 0.477. The highest BCUT2D eigenvalue weighted by atomic mass is 19.1. The zero-order valence-corrected chi connectivity index (χ0v) is 12.3. The van der Waals surface area contributed by atoms with Gasteiger partial charge in [0.15, 0.2) is 5.82 Å². The molecule has 1 N–H and O–H groups in total. The molecule has 1 aliphatic rings. The van der Waals surface area contributed by atoms with E-state index in [2.05, 4.69) is 15.1 Å². The predicted octanol–water partition coefficient (Wildman–Crippen LogP) is 1.87. The van der Waals surface area contributed by atoms with Crippen molar-refractivity contribution in [3.8, 4) is 11.3 Å². The third kappa shape index (κ3) is 3.08. The number of halogens is 1. The number of aromatic nitrogens is 2. The van der Waals surface area contributed by atoms with Crippen molar-refractivity contribution < 1.29 is 14.2 Å². The molecule has 6 heteroatoms. The number of nitrogens with zero attached hydrogens (tertiary/aromatic N) is 3. The fourth-order valence-corrected chi connectivity index (χ4v) is 2.50. The van der Waals surface area contributed by atoms with Crippen LogP contribution in [-0.4, -0.2) is 47.2 Å². The Morgan fingerprint density at radius 2 is 2.00 bits per heavy atom. The van der Waals surface area contributed by atoms with Crippen LogP contribution in [0, 0.1) is 5.82 Å². The second-order valence-electron chi connectivity index (χ2n) is 5.42. The van der Waals surface area contributed by atoms with Gasteiger partial charge in [-0.15, -0.1) is 10.2 Å². The van der Waals surface area contributed by atoms with Crippen molar-refractivity contribution in [2.75, 3.05) is 24.7 Å². The van der Waals surface area contributed by atoms with Gasteiger partial charge in [-0.3, -0.25) is 0 Å². The SMILES string of the molecule is CC1COC(CO)CN1c1ccc(-c2ccc(F)cc2)nn1. The lowest BCUT2D eigenvalue weighted by atomic mass is 10.1. The highest BCUT2D eigenvalue weighted by Gasteiger charge is 2.26. The molecule has 1 saturated heterocycles. The molecule has 116 valence electrons. The lowest BCUT2D eigenvalue weighted by Gasteiger charge is -2.37. The van der Waals surface area contributed by atoms with Crippen LogP contribution < -0.4 is 4.90 Å². The number of rotatable bonds is 3. The third-order valence-electron chi connectivity index (χ3n) is 3.79. The van der Waals surface area contributed by atoms with Crippen molar-refractivity contribution >= 4 is 5.82 Å². The molecule has 0 radical (unpaired) electrons. The molecule has 22 heavy (non-hydrogen) atoms. The fraction of sp³-hybridized carbons (Fsp3) is 0.375. The van der Waals surface area contributed by atoms with Crippen molar-refractivity contribution in [2.45, 2.75) is 19.1 Å². The molecule has 2 heterocycles. The van der Waals surface area contributed by atoms with Gasteiger partial charge in [-0.25, -0.2) is 4.39 Å². The molecule has 1 aromatic carbocycles. The molecule has 2 unspecified atom stereocenters. The van der Waals surface area contributed by atoms with Gasteiger partial charge in [0.05, 0.1) is 31.1 Å². The number of aliphatic hydroxyl groups excluding tert-OH is 1. The summed E-state index contributed by atoms with van der Waals surface area (Å²) in [4.78, 5) is 2.08. The molecule has 0 spiro atoms. The fourth-order valence-electron chi connectivity index (χ4n) is 2.50. The van der Waals surface area contributed by atoms with Crippen LogP contribution >= 0.6 is 0 Å². The van der Waals surface area contributed by atoms with Crippen molar-refractivity contribution in [3.63, 3.8) is 0 Å². The first-order chi connectivity index (χ1) is 10.7. The van der Waals surface area contributed by atoms with Crippen LogP contribution in [0.1, 0.15) is 6.92 Å². The van der Waals surface area contributed by atoms with Crippen LogP contribution in [0.4, 0.5) is 10.2 Å². The van der Waals surface area contributed by atoms with Crippen LogP contribution in [0.2, 0.25) is 0 Å². The number of aliphatic hydroxyl groups is 1.